The fourth-order valence-electron chi connectivity index (χ4n) is 5.91. The lowest BCUT2D eigenvalue weighted by molar-refractivity contribution is -0.125. The molecule has 0 bridgehead atoms. The number of rotatable bonds is 8. The molecule has 3 aliphatic rings. The van der Waals surface area contributed by atoms with E-state index in [-0.39, 0.29) is 34.9 Å². The largest absolute Gasteiger partial charge is 0.328 e. The van der Waals surface area contributed by atoms with Gasteiger partial charge in [-0.25, -0.2) is 4.39 Å². The molecule has 192 valence electrons. The Kier molecular flexibility index (Phi) is 8.85. The van der Waals surface area contributed by atoms with Crippen LogP contribution >= 0.6 is 0 Å². The summed E-state index contributed by atoms with van der Waals surface area (Å²) in [4.78, 5) is 19.1. The van der Waals surface area contributed by atoms with Gasteiger partial charge in [-0.05, 0) is 74.9 Å². The second-order valence-corrected chi connectivity index (χ2v) is 11.4. The van der Waals surface area contributed by atoms with Crippen LogP contribution in [-0.2, 0) is 4.79 Å². The van der Waals surface area contributed by atoms with Gasteiger partial charge < -0.3 is 0 Å². The summed E-state index contributed by atoms with van der Waals surface area (Å²) >= 11 is 0. The van der Waals surface area contributed by atoms with Crippen LogP contribution in [0, 0.1) is 11.3 Å². The summed E-state index contributed by atoms with van der Waals surface area (Å²) in [7, 11) is 0. The van der Waals surface area contributed by atoms with E-state index >= 15 is 0 Å². The van der Waals surface area contributed by atoms with E-state index in [4.69, 9.17) is 4.99 Å². The summed E-state index contributed by atoms with van der Waals surface area (Å²) in [6.45, 7) is 15.5. The van der Waals surface area contributed by atoms with Crippen LogP contribution < -0.4 is 0 Å². The minimum Gasteiger partial charge on any atom is -0.267 e. The first-order valence-electron chi connectivity index (χ1n) is 13.1. The quantitative estimate of drug-likeness (QED) is 0.199. The van der Waals surface area contributed by atoms with E-state index in [1.54, 1.807) is 12.2 Å². The molecule has 1 fully saturated rings. The molecule has 0 N–H and O–H groups in total. The molecule has 3 rings (SSSR count). The van der Waals surface area contributed by atoms with E-state index in [9.17, 15) is 13.6 Å². The summed E-state index contributed by atoms with van der Waals surface area (Å²) in [5.41, 5.74) is 3.52. The van der Waals surface area contributed by atoms with E-state index in [0.717, 1.165) is 43.4 Å². The van der Waals surface area contributed by atoms with Crippen molar-refractivity contribution in [3.8, 4) is 0 Å². The van der Waals surface area contributed by atoms with Crippen LogP contribution in [0.15, 0.2) is 64.5 Å². The van der Waals surface area contributed by atoms with Gasteiger partial charge in [-0.15, -0.1) is 6.58 Å². The molecular formula is C30H42F2N2O. The Balaban J connectivity index is 1.93. The zero-order valence-corrected chi connectivity index (χ0v) is 22.2. The van der Waals surface area contributed by atoms with Crippen LogP contribution in [0.4, 0.5) is 8.78 Å². The topological polar surface area (TPSA) is 32.7 Å². The molecule has 0 aromatic carbocycles. The maximum Gasteiger partial charge on any atom is 0.328 e. The lowest BCUT2D eigenvalue weighted by Crippen LogP contribution is -2.53. The van der Waals surface area contributed by atoms with Gasteiger partial charge in [0.25, 0.3) is 0 Å². The molecule has 0 amide bonds. The van der Waals surface area contributed by atoms with Crippen LogP contribution in [0.25, 0.3) is 0 Å². The maximum absolute atomic E-state index is 14.0. The van der Waals surface area contributed by atoms with Gasteiger partial charge in [0.2, 0.25) is 0 Å². The number of nitrogens with zero attached hydrogens (tertiary/aromatic N) is 2. The molecule has 3 nitrogen and oxygen atoms in total. The van der Waals surface area contributed by atoms with Crippen LogP contribution in [0.1, 0.15) is 86.0 Å². The predicted octanol–water partition coefficient (Wildman–Crippen LogP) is 7.97. The van der Waals surface area contributed by atoms with E-state index in [1.165, 1.54) is 11.6 Å². The molecule has 35 heavy (non-hydrogen) atoms. The first kappa shape index (κ1) is 27.4. The number of allylic oxidation sites excluding steroid dienone is 7. The average molecular weight is 485 g/mol. The summed E-state index contributed by atoms with van der Waals surface area (Å²) in [5.74, 6) is 0.454. The van der Waals surface area contributed by atoms with Gasteiger partial charge in [0.1, 0.15) is 11.5 Å². The smallest absolute Gasteiger partial charge is 0.267 e. The molecule has 0 saturated heterocycles. The zero-order chi connectivity index (χ0) is 25.8. The summed E-state index contributed by atoms with van der Waals surface area (Å²) in [6, 6.07) is -1.15. The SMILES string of the molecule is C=CCC(F)=CC=C(C)C1=NC2(CCC(C(C)(C)C)CC2)N(C(CC)C2=CC=C(C(=O)F)CC2)C1. The summed E-state index contributed by atoms with van der Waals surface area (Å²) in [6.07, 6.45) is 15.1. The standard InChI is InChI=1S/C30H42F2N2O/c1-7-9-25(31)15-10-21(3)26-20-34(27(8-2)22-11-13-23(14-12-22)28(32)35)30(33-26)18-16-24(17-19-30)29(4,5)6/h7,10-11,13,15,24,27H,1,8-9,12,14,16-20H2,2-6H3. The second-order valence-electron chi connectivity index (χ2n) is 11.4. The number of carbonyl (C=O) groups excluding carboxylic acids is 1. The molecule has 1 spiro atoms. The van der Waals surface area contributed by atoms with Crippen LogP contribution in [0.3, 0.4) is 0 Å². The Hall–Kier alpha value is -2.14. The van der Waals surface area contributed by atoms with Gasteiger partial charge in [-0.1, -0.05) is 57.6 Å². The van der Waals surface area contributed by atoms with Crippen molar-refractivity contribution in [3.05, 3.63) is 59.5 Å². The number of halogens is 2. The highest BCUT2D eigenvalue weighted by atomic mass is 19.1. The minimum absolute atomic E-state index is 0.177. The predicted molar refractivity (Wildman–Crippen MR) is 142 cm³/mol. The number of hydrogen-bond donors (Lipinski definition) is 0. The van der Waals surface area contributed by atoms with Crippen molar-refractivity contribution in [2.75, 3.05) is 6.54 Å². The fourth-order valence-corrected chi connectivity index (χ4v) is 5.91. The van der Waals surface area contributed by atoms with Crippen molar-refractivity contribution in [1.29, 1.82) is 0 Å². The lowest BCUT2D eigenvalue weighted by atomic mass is 9.69. The van der Waals surface area contributed by atoms with Crippen molar-refractivity contribution in [2.45, 2.75) is 97.7 Å². The first-order chi connectivity index (χ1) is 16.5. The summed E-state index contributed by atoms with van der Waals surface area (Å²) in [5, 5.41) is 0. The molecule has 5 heteroatoms. The van der Waals surface area contributed by atoms with Gasteiger partial charge >= 0.3 is 6.04 Å². The van der Waals surface area contributed by atoms with Gasteiger partial charge in [0, 0.05) is 24.6 Å². The van der Waals surface area contributed by atoms with E-state index in [2.05, 4.69) is 39.2 Å². The van der Waals surface area contributed by atoms with Crippen molar-refractivity contribution in [1.82, 2.24) is 4.90 Å². The highest BCUT2D eigenvalue weighted by molar-refractivity contribution is 6.03. The van der Waals surface area contributed by atoms with Crippen molar-refractivity contribution < 1.29 is 13.6 Å². The fraction of sp³-hybridized carbons (Fsp3) is 0.600. The molecule has 1 saturated carbocycles. The molecule has 0 radical (unpaired) electrons. The Morgan fingerprint density at radius 3 is 2.43 bits per heavy atom. The van der Waals surface area contributed by atoms with Crippen molar-refractivity contribution in [3.63, 3.8) is 0 Å². The zero-order valence-electron chi connectivity index (χ0n) is 22.2. The Bertz CT molecular complexity index is 969. The average Bonchev–Trinajstić information content (AvgIpc) is 3.16. The number of aliphatic imine (C=N–C) groups is 1. The molecular weight excluding hydrogens is 442 g/mol. The molecule has 2 aliphatic carbocycles. The van der Waals surface area contributed by atoms with E-state index in [0.29, 0.717) is 25.3 Å². The molecule has 1 unspecified atom stereocenters. The maximum atomic E-state index is 14.0. The normalized spacial score (nSPS) is 27.4. The van der Waals surface area contributed by atoms with Gasteiger partial charge in [0.15, 0.2) is 0 Å². The van der Waals surface area contributed by atoms with Crippen molar-refractivity contribution in [2.24, 2.45) is 16.3 Å². The molecule has 1 aliphatic heterocycles. The lowest BCUT2D eigenvalue weighted by Gasteiger charge is -2.48. The third kappa shape index (κ3) is 6.35. The van der Waals surface area contributed by atoms with Crippen molar-refractivity contribution >= 4 is 11.7 Å². The molecule has 1 heterocycles. The van der Waals surface area contributed by atoms with Crippen LogP contribution in [0.2, 0.25) is 0 Å². The Morgan fingerprint density at radius 1 is 1.23 bits per heavy atom. The molecule has 0 aromatic rings. The highest BCUT2D eigenvalue weighted by Crippen LogP contribution is 2.48. The first-order valence-corrected chi connectivity index (χ1v) is 13.1. The van der Waals surface area contributed by atoms with E-state index < -0.39 is 6.04 Å². The van der Waals surface area contributed by atoms with Crippen LogP contribution in [-0.4, -0.2) is 34.9 Å². The van der Waals surface area contributed by atoms with Crippen LogP contribution in [0.5, 0.6) is 0 Å². The second kappa shape index (κ2) is 11.3. The minimum atomic E-state index is -1.32. The number of hydrogen-bond acceptors (Lipinski definition) is 3. The Morgan fingerprint density at radius 2 is 1.91 bits per heavy atom. The molecule has 0 aromatic heterocycles. The molecule has 1 atom stereocenters. The van der Waals surface area contributed by atoms with Gasteiger partial charge in [-0.2, -0.15) is 4.39 Å². The van der Waals surface area contributed by atoms with Gasteiger partial charge in [0.05, 0.1) is 5.71 Å². The number of carbonyl (C=O) groups is 1. The third-order valence-electron chi connectivity index (χ3n) is 8.14. The third-order valence-corrected chi connectivity index (χ3v) is 8.14. The highest BCUT2D eigenvalue weighted by Gasteiger charge is 2.48. The summed E-state index contributed by atoms with van der Waals surface area (Å²) < 4.78 is 27.2. The van der Waals surface area contributed by atoms with E-state index in [1.807, 2.05) is 19.1 Å². The monoisotopic (exact) mass is 484 g/mol. The Labute approximate surface area is 210 Å². The van der Waals surface area contributed by atoms with Gasteiger partial charge in [-0.3, -0.25) is 14.7 Å².